The number of rotatable bonds is 3. The molecule has 1 saturated carbocycles. The second-order valence-corrected chi connectivity index (χ2v) is 4.13. The number of H-pyrrole nitrogens is 1. The maximum Gasteiger partial charge on any atom is 0.251 e. The van der Waals surface area contributed by atoms with Gasteiger partial charge in [-0.25, -0.2) is 8.78 Å². The number of nitrogens with zero attached hydrogens (tertiary/aromatic N) is 1. The summed E-state index contributed by atoms with van der Waals surface area (Å²) in [6.07, 6.45) is 3.30. The lowest BCUT2D eigenvalue weighted by Crippen LogP contribution is -2.23. The van der Waals surface area contributed by atoms with Crippen LogP contribution in [-0.2, 0) is 0 Å². The van der Waals surface area contributed by atoms with Gasteiger partial charge in [0.2, 0.25) is 0 Å². The lowest BCUT2D eigenvalue weighted by atomic mass is 9.95. The van der Waals surface area contributed by atoms with Crippen LogP contribution < -0.4 is 0 Å². The zero-order chi connectivity index (χ0) is 10.9. The van der Waals surface area contributed by atoms with E-state index in [1.165, 1.54) is 12.4 Å². The van der Waals surface area contributed by atoms with Crippen LogP contribution in [0.15, 0.2) is 12.4 Å². The van der Waals surface area contributed by atoms with Crippen molar-refractivity contribution in [1.29, 1.82) is 0 Å². The van der Waals surface area contributed by atoms with Crippen LogP contribution in [0, 0.1) is 5.92 Å². The second kappa shape index (κ2) is 3.89. The van der Waals surface area contributed by atoms with E-state index in [9.17, 15) is 13.9 Å². The summed E-state index contributed by atoms with van der Waals surface area (Å²) in [4.78, 5) is 0. The maximum atomic E-state index is 13.3. The molecule has 0 aliphatic heterocycles. The number of hydrogen-bond acceptors (Lipinski definition) is 2. The van der Waals surface area contributed by atoms with E-state index in [4.69, 9.17) is 0 Å². The molecule has 0 spiro atoms. The Balaban J connectivity index is 1.97. The van der Waals surface area contributed by atoms with Gasteiger partial charge in [-0.1, -0.05) is 0 Å². The van der Waals surface area contributed by atoms with E-state index in [-0.39, 0.29) is 12.8 Å². The number of aromatic nitrogens is 2. The van der Waals surface area contributed by atoms with Crippen molar-refractivity contribution in [2.75, 3.05) is 0 Å². The van der Waals surface area contributed by atoms with E-state index in [0.29, 0.717) is 18.4 Å². The van der Waals surface area contributed by atoms with Crippen LogP contribution in [0.3, 0.4) is 0 Å². The average molecular weight is 216 g/mol. The van der Waals surface area contributed by atoms with E-state index < -0.39 is 17.9 Å². The third-order valence-electron chi connectivity index (χ3n) is 3.07. The number of aliphatic hydroxyl groups excluding tert-OH is 1. The number of aromatic amines is 1. The van der Waals surface area contributed by atoms with Crippen molar-refractivity contribution in [3.05, 3.63) is 18.0 Å². The summed E-state index contributed by atoms with van der Waals surface area (Å²) >= 11 is 0. The van der Waals surface area contributed by atoms with Crippen molar-refractivity contribution in [2.45, 2.75) is 37.7 Å². The lowest BCUT2D eigenvalue weighted by Gasteiger charge is -2.21. The summed E-state index contributed by atoms with van der Waals surface area (Å²) in [5.41, 5.74) is 0.581. The summed E-state index contributed by atoms with van der Waals surface area (Å²) in [6.45, 7) is 0. The van der Waals surface area contributed by atoms with Crippen molar-refractivity contribution in [2.24, 2.45) is 5.92 Å². The topological polar surface area (TPSA) is 48.9 Å². The van der Waals surface area contributed by atoms with Gasteiger partial charge < -0.3 is 5.11 Å². The monoisotopic (exact) mass is 216 g/mol. The molecule has 5 heteroatoms. The van der Waals surface area contributed by atoms with Crippen LogP contribution in [0.25, 0.3) is 0 Å². The van der Waals surface area contributed by atoms with Crippen LogP contribution in [0.4, 0.5) is 8.78 Å². The average Bonchev–Trinajstić information content (AvgIpc) is 2.76. The number of aliphatic hydroxyl groups is 1. The first-order chi connectivity index (χ1) is 7.09. The number of hydrogen-bond donors (Lipinski definition) is 2. The molecule has 1 aromatic rings. The molecule has 1 fully saturated rings. The summed E-state index contributed by atoms with van der Waals surface area (Å²) in [7, 11) is 0. The van der Waals surface area contributed by atoms with E-state index in [1.807, 2.05) is 0 Å². The minimum Gasteiger partial charge on any atom is -0.388 e. The number of halogens is 2. The van der Waals surface area contributed by atoms with Crippen molar-refractivity contribution < 1.29 is 13.9 Å². The number of nitrogens with one attached hydrogen (secondary N) is 1. The van der Waals surface area contributed by atoms with Gasteiger partial charge in [0.1, 0.15) is 0 Å². The van der Waals surface area contributed by atoms with Gasteiger partial charge in [0.25, 0.3) is 5.92 Å². The summed E-state index contributed by atoms with van der Waals surface area (Å²) in [6, 6.07) is 0. The molecule has 3 nitrogen and oxygen atoms in total. The molecule has 0 aromatic carbocycles. The van der Waals surface area contributed by atoms with Gasteiger partial charge in [0.15, 0.2) is 0 Å². The summed E-state index contributed by atoms with van der Waals surface area (Å²) in [5, 5.41) is 15.9. The van der Waals surface area contributed by atoms with E-state index >= 15 is 0 Å². The van der Waals surface area contributed by atoms with Crippen LogP contribution in [-0.4, -0.2) is 21.2 Å². The molecule has 0 bridgehead atoms. The molecule has 2 unspecified atom stereocenters. The van der Waals surface area contributed by atoms with Gasteiger partial charge >= 0.3 is 0 Å². The minimum atomic E-state index is -2.61. The lowest BCUT2D eigenvalue weighted by molar-refractivity contribution is -0.0526. The van der Waals surface area contributed by atoms with E-state index in [0.717, 1.165) is 0 Å². The van der Waals surface area contributed by atoms with Gasteiger partial charge in [0, 0.05) is 24.1 Å². The first-order valence-corrected chi connectivity index (χ1v) is 5.14. The fourth-order valence-corrected chi connectivity index (χ4v) is 2.14. The predicted molar refractivity (Wildman–Crippen MR) is 50.5 cm³/mol. The normalized spacial score (nSPS) is 26.7. The Morgan fingerprint density at radius 2 is 2.47 bits per heavy atom. The molecule has 2 atom stereocenters. The largest absolute Gasteiger partial charge is 0.388 e. The molecular weight excluding hydrogens is 202 g/mol. The quantitative estimate of drug-likeness (QED) is 0.814. The molecule has 2 rings (SSSR count). The highest BCUT2D eigenvalue weighted by Crippen LogP contribution is 2.44. The first kappa shape index (κ1) is 10.5. The standard InChI is InChI=1S/C10H14F2N2O/c11-10(12)3-1-2-8(10)4-9(15)7-5-13-14-6-7/h5-6,8-9,15H,1-4H2,(H,13,14). The molecular formula is C10H14F2N2O. The van der Waals surface area contributed by atoms with Gasteiger partial charge in [-0.05, 0) is 19.3 Å². The molecule has 1 aliphatic carbocycles. The fraction of sp³-hybridized carbons (Fsp3) is 0.700. The molecule has 0 saturated heterocycles. The summed E-state index contributed by atoms with van der Waals surface area (Å²) < 4.78 is 26.6. The van der Waals surface area contributed by atoms with Gasteiger partial charge in [-0.3, -0.25) is 5.10 Å². The fourth-order valence-electron chi connectivity index (χ4n) is 2.14. The van der Waals surface area contributed by atoms with Gasteiger partial charge in [-0.15, -0.1) is 0 Å². The smallest absolute Gasteiger partial charge is 0.251 e. The molecule has 2 N–H and O–H groups in total. The van der Waals surface area contributed by atoms with Crippen molar-refractivity contribution in [3.8, 4) is 0 Å². The Morgan fingerprint density at radius 3 is 3.00 bits per heavy atom. The Hall–Kier alpha value is -0.970. The van der Waals surface area contributed by atoms with E-state index in [2.05, 4.69) is 10.2 Å². The van der Waals surface area contributed by atoms with Crippen molar-refractivity contribution in [1.82, 2.24) is 10.2 Å². The molecule has 84 valence electrons. The minimum absolute atomic E-state index is 0.0459. The highest BCUT2D eigenvalue weighted by molar-refractivity contribution is 5.07. The summed E-state index contributed by atoms with van der Waals surface area (Å²) in [5.74, 6) is -3.30. The molecule has 1 heterocycles. The van der Waals surface area contributed by atoms with Crippen LogP contribution >= 0.6 is 0 Å². The first-order valence-electron chi connectivity index (χ1n) is 5.14. The van der Waals surface area contributed by atoms with Crippen LogP contribution in [0.2, 0.25) is 0 Å². The highest BCUT2D eigenvalue weighted by Gasteiger charge is 2.44. The SMILES string of the molecule is OC(CC1CCCC1(F)F)c1cn[nH]c1. The van der Waals surface area contributed by atoms with E-state index in [1.54, 1.807) is 0 Å². The van der Waals surface area contributed by atoms with Crippen LogP contribution in [0.5, 0.6) is 0 Å². The molecule has 0 amide bonds. The Labute approximate surface area is 86.5 Å². The second-order valence-electron chi connectivity index (χ2n) is 4.13. The zero-order valence-corrected chi connectivity index (χ0v) is 8.29. The van der Waals surface area contributed by atoms with Crippen LogP contribution in [0.1, 0.15) is 37.4 Å². The van der Waals surface area contributed by atoms with Gasteiger partial charge in [0.05, 0.1) is 12.3 Å². The maximum absolute atomic E-state index is 13.3. The molecule has 0 radical (unpaired) electrons. The molecule has 15 heavy (non-hydrogen) atoms. The zero-order valence-electron chi connectivity index (χ0n) is 8.29. The third-order valence-corrected chi connectivity index (χ3v) is 3.07. The predicted octanol–water partition coefficient (Wildman–Crippen LogP) is 2.27. The third kappa shape index (κ3) is 2.17. The Bertz CT molecular complexity index is 313. The van der Waals surface area contributed by atoms with Crippen molar-refractivity contribution >= 4 is 0 Å². The molecule has 1 aromatic heterocycles. The molecule has 1 aliphatic rings. The number of alkyl halides is 2. The van der Waals surface area contributed by atoms with Gasteiger partial charge in [-0.2, -0.15) is 5.10 Å². The highest BCUT2D eigenvalue weighted by atomic mass is 19.3. The Kier molecular flexibility index (Phi) is 2.73. The Morgan fingerprint density at radius 1 is 1.67 bits per heavy atom. The van der Waals surface area contributed by atoms with Crippen molar-refractivity contribution in [3.63, 3.8) is 0 Å².